The van der Waals surface area contributed by atoms with Crippen LogP contribution in [0.1, 0.15) is 16.2 Å². The minimum Gasteiger partial charge on any atom is -0.359 e. The van der Waals surface area contributed by atoms with Crippen LogP contribution in [0.4, 0.5) is 5.13 Å². The number of nitrogens with zero attached hydrogens (tertiary/aromatic N) is 4. The summed E-state index contributed by atoms with van der Waals surface area (Å²) in [5, 5.41) is 6.75. The van der Waals surface area contributed by atoms with Gasteiger partial charge in [0, 0.05) is 43.8 Å². The van der Waals surface area contributed by atoms with E-state index in [1.165, 1.54) is 0 Å². The second-order valence-electron chi connectivity index (χ2n) is 4.73. The van der Waals surface area contributed by atoms with E-state index < -0.39 is 5.91 Å². The molecule has 2 aromatic rings. The van der Waals surface area contributed by atoms with Crippen LogP contribution < -0.4 is 16.2 Å². The molecule has 8 nitrogen and oxygen atoms in total. The molecule has 3 rings (SSSR count). The average molecular weight is 308 g/mol. The van der Waals surface area contributed by atoms with Crippen molar-refractivity contribution in [1.29, 1.82) is 0 Å². The first-order chi connectivity index (χ1) is 10.3. The fraction of sp³-hybridized carbons (Fsp3) is 0.417. The molecule has 1 aliphatic rings. The zero-order valence-corrected chi connectivity index (χ0v) is 12.2. The van der Waals surface area contributed by atoms with E-state index in [2.05, 4.69) is 19.9 Å². The molecule has 2 aromatic heterocycles. The van der Waals surface area contributed by atoms with Crippen molar-refractivity contribution in [2.45, 2.75) is 6.54 Å². The van der Waals surface area contributed by atoms with Gasteiger partial charge in [-0.15, -0.1) is 11.3 Å². The van der Waals surface area contributed by atoms with Crippen molar-refractivity contribution in [2.75, 3.05) is 31.1 Å². The number of anilines is 1. The standard InChI is InChI=1S/C12H16N6O2S/c13-15-11(19)10-7-9(20-16-10)8-17-2-4-18(5-3-17)12-14-1-6-21-12/h1,6-7H,2-5,8,13H2,(H,15,19). The number of thiazole rings is 1. The molecule has 0 aromatic carbocycles. The summed E-state index contributed by atoms with van der Waals surface area (Å²) in [4.78, 5) is 20.2. The lowest BCUT2D eigenvalue weighted by molar-refractivity contribution is 0.0944. The second-order valence-corrected chi connectivity index (χ2v) is 5.60. The van der Waals surface area contributed by atoms with E-state index in [1.807, 2.05) is 17.0 Å². The van der Waals surface area contributed by atoms with Crippen LogP contribution >= 0.6 is 11.3 Å². The van der Waals surface area contributed by atoms with Gasteiger partial charge in [-0.25, -0.2) is 10.8 Å². The maximum atomic E-state index is 11.3. The lowest BCUT2D eigenvalue weighted by atomic mass is 10.3. The number of nitrogen functional groups attached to an aromatic ring is 1. The Labute approximate surface area is 125 Å². The molecule has 0 radical (unpaired) electrons. The van der Waals surface area contributed by atoms with Gasteiger partial charge in [0.05, 0.1) is 6.54 Å². The molecule has 0 aliphatic carbocycles. The lowest BCUT2D eigenvalue weighted by Crippen LogP contribution is -2.45. The highest BCUT2D eigenvalue weighted by atomic mass is 32.1. The summed E-state index contributed by atoms with van der Waals surface area (Å²) >= 11 is 1.66. The van der Waals surface area contributed by atoms with Crippen molar-refractivity contribution in [2.24, 2.45) is 5.84 Å². The molecule has 3 heterocycles. The predicted molar refractivity (Wildman–Crippen MR) is 77.8 cm³/mol. The number of hydrogen-bond donors (Lipinski definition) is 2. The number of piperazine rings is 1. The Bertz CT molecular complexity index is 591. The van der Waals surface area contributed by atoms with Crippen molar-refractivity contribution in [3.05, 3.63) is 29.1 Å². The number of carbonyl (C=O) groups excluding carboxylic acids is 1. The third-order valence-corrected chi connectivity index (χ3v) is 4.20. The zero-order valence-electron chi connectivity index (χ0n) is 11.4. The van der Waals surface area contributed by atoms with Gasteiger partial charge in [0.15, 0.2) is 16.6 Å². The molecule has 0 unspecified atom stereocenters. The Morgan fingerprint density at radius 3 is 2.90 bits per heavy atom. The van der Waals surface area contributed by atoms with E-state index in [-0.39, 0.29) is 5.69 Å². The Hall–Kier alpha value is -1.97. The van der Waals surface area contributed by atoms with Crippen molar-refractivity contribution in [1.82, 2.24) is 20.5 Å². The highest BCUT2D eigenvalue weighted by Crippen LogP contribution is 2.19. The van der Waals surface area contributed by atoms with Crippen LogP contribution in [-0.2, 0) is 6.54 Å². The molecule has 1 saturated heterocycles. The Kier molecular flexibility index (Phi) is 4.13. The van der Waals surface area contributed by atoms with Gasteiger partial charge in [-0.1, -0.05) is 5.16 Å². The molecule has 9 heteroatoms. The van der Waals surface area contributed by atoms with E-state index in [0.29, 0.717) is 12.3 Å². The lowest BCUT2D eigenvalue weighted by Gasteiger charge is -2.33. The fourth-order valence-corrected chi connectivity index (χ4v) is 2.95. The minimum absolute atomic E-state index is 0.203. The topological polar surface area (TPSA) is 101 Å². The van der Waals surface area contributed by atoms with Crippen LogP contribution in [0.5, 0.6) is 0 Å². The average Bonchev–Trinajstić information content (AvgIpc) is 3.18. The van der Waals surface area contributed by atoms with Gasteiger partial charge in [0.25, 0.3) is 5.91 Å². The number of amides is 1. The molecule has 21 heavy (non-hydrogen) atoms. The van der Waals surface area contributed by atoms with Crippen LogP contribution in [0, 0.1) is 0 Å². The summed E-state index contributed by atoms with van der Waals surface area (Å²) in [6.07, 6.45) is 1.82. The molecule has 0 saturated carbocycles. The van der Waals surface area contributed by atoms with Gasteiger partial charge in [-0.2, -0.15) is 0 Å². The molecule has 0 atom stereocenters. The molecule has 1 aliphatic heterocycles. The SMILES string of the molecule is NNC(=O)c1cc(CN2CCN(c3nccs3)CC2)on1. The number of hydrogen-bond acceptors (Lipinski definition) is 8. The van der Waals surface area contributed by atoms with Crippen LogP contribution in [0.3, 0.4) is 0 Å². The number of nitrogens with one attached hydrogen (secondary N) is 1. The zero-order chi connectivity index (χ0) is 14.7. The van der Waals surface area contributed by atoms with E-state index in [9.17, 15) is 4.79 Å². The molecule has 3 N–H and O–H groups in total. The maximum absolute atomic E-state index is 11.3. The molecule has 0 spiro atoms. The van der Waals surface area contributed by atoms with E-state index in [4.69, 9.17) is 10.4 Å². The van der Waals surface area contributed by atoms with E-state index >= 15 is 0 Å². The normalized spacial score (nSPS) is 16.1. The van der Waals surface area contributed by atoms with Gasteiger partial charge in [0.1, 0.15) is 0 Å². The fourth-order valence-electron chi connectivity index (χ4n) is 2.26. The number of hydrazine groups is 1. The summed E-state index contributed by atoms with van der Waals surface area (Å²) < 4.78 is 5.16. The van der Waals surface area contributed by atoms with E-state index in [0.717, 1.165) is 31.3 Å². The Morgan fingerprint density at radius 1 is 1.43 bits per heavy atom. The summed E-state index contributed by atoms with van der Waals surface area (Å²) in [6, 6.07) is 1.62. The predicted octanol–water partition coefficient (Wildman–Crippen LogP) is 0.0568. The number of aromatic nitrogens is 2. The van der Waals surface area contributed by atoms with E-state index in [1.54, 1.807) is 17.4 Å². The molecule has 1 amide bonds. The van der Waals surface area contributed by atoms with Crippen LogP contribution in [0.2, 0.25) is 0 Å². The molecule has 1 fully saturated rings. The summed E-state index contributed by atoms with van der Waals surface area (Å²) in [5.41, 5.74) is 2.23. The maximum Gasteiger partial charge on any atom is 0.287 e. The first kappa shape index (κ1) is 14.0. The van der Waals surface area contributed by atoms with Crippen molar-refractivity contribution < 1.29 is 9.32 Å². The third kappa shape index (κ3) is 3.20. The van der Waals surface area contributed by atoms with Crippen LogP contribution in [0.25, 0.3) is 0 Å². The number of nitrogens with two attached hydrogens (primary N) is 1. The molecule has 0 bridgehead atoms. The Morgan fingerprint density at radius 2 is 2.24 bits per heavy atom. The van der Waals surface area contributed by atoms with Crippen molar-refractivity contribution in [3.8, 4) is 0 Å². The molecule has 112 valence electrons. The first-order valence-corrected chi connectivity index (χ1v) is 7.47. The van der Waals surface area contributed by atoms with Crippen LogP contribution in [0.15, 0.2) is 22.2 Å². The highest BCUT2D eigenvalue weighted by molar-refractivity contribution is 7.13. The highest BCUT2D eigenvalue weighted by Gasteiger charge is 2.20. The Balaban J connectivity index is 1.53. The van der Waals surface area contributed by atoms with Gasteiger partial charge >= 0.3 is 0 Å². The number of rotatable bonds is 4. The summed E-state index contributed by atoms with van der Waals surface area (Å²) in [6.45, 7) is 4.32. The quantitative estimate of drug-likeness (QED) is 0.468. The monoisotopic (exact) mass is 308 g/mol. The van der Waals surface area contributed by atoms with Crippen LogP contribution in [-0.4, -0.2) is 47.1 Å². The van der Waals surface area contributed by atoms with Crippen molar-refractivity contribution in [3.63, 3.8) is 0 Å². The van der Waals surface area contributed by atoms with Crippen molar-refractivity contribution >= 4 is 22.4 Å². The largest absolute Gasteiger partial charge is 0.359 e. The van der Waals surface area contributed by atoms with Gasteiger partial charge < -0.3 is 9.42 Å². The van der Waals surface area contributed by atoms with Gasteiger partial charge in [0.2, 0.25) is 0 Å². The summed E-state index contributed by atoms with van der Waals surface area (Å²) in [7, 11) is 0. The minimum atomic E-state index is -0.446. The van der Waals surface area contributed by atoms with Gasteiger partial charge in [-0.05, 0) is 0 Å². The van der Waals surface area contributed by atoms with Gasteiger partial charge in [-0.3, -0.25) is 15.1 Å². The first-order valence-electron chi connectivity index (χ1n) is 6.59. The third-order valence-electron chi connectivity index (χ3n) is 3.36. The second kappa shape index (κ2) is 6.20. The smallest absolute Gasteiger partial charge is 0.287 e. The number of carbonyl (C=O) groups is 1. The molecular formula is C12H16N6O2S. The molecular weight excluding hydrogens is 292 g/mol. The summed E-state index contributed by atoms with van der Waals surface area (Å²) in [5.74, 6) is 5.27.